The van der Waals surface area contributed by atoms with Crippen molar-refractivity contribution in [3.8, 4) is 5.69 Å². The zero-order valence-electron chi connectivity index (χ0n) is 14.3. The summed E-state index contributed by atoms with van der Waals surface area (Å²) in [6.07, 6.45) is 1.51. The molecule has 1 saturated heterocycles. The van der Waals surface area contributed by atoms with Gasteiger partial charge in [0.15, 0.2) is 0 Å². The van der Waals surface area contributed by atoms with Gasteiger partial charge in [-0.25, -0.2) is 9.59 Å². The van der Waals surface area contributed by atoms with E-state index >= 15 is 0 Å². The Hall–Kier alpha value is -2.48. The number of hydrogen-bond donors (Lipinski definition) is 0. The van der Waals surface area contributed by atoms with Crippen LogP contribution >= 0.6 is 0 Å². The van der Waals surface area contributed by atoms with Crippen molar-refractivity contribution in [1.29, 1.82) is 0 Å². The van der Waals surface area contributed by atoms with Gasteiger partial charge < -0.3 is 9.64 Å². The summed E-state index contributed by atoms with van der Waals surface area (Å²) in [4.78, 5) is 26.3. The Morgan fingerprint density at radius 1 is 1.17 bits per heavy atom. The first kappa shape index (κ1) is 17.9. The maximum Gasteiger partial charge on any atom is 0.377 e. The Kier molecular flexibility index (Phi) is 6.25. The maximum atomic E-state index is 12.4. The third-order valence-corrected chi connectivity index (χ3v) is 3.80. The Bertz CT molecular complexity index is 704. The lowest BCUT2D eigenvalue weighted by molar-refractivity contribution is 0.0522. The zero-order chi connectivity index (χ0) is 17.5. The highest BCUT2D eigenvalue weighted by molar-refractivity contribution is 5.75. The fourth-order valence-corrected chi connectivity index (χ4v) is 2.48. The van der Waals surface area contributed by atoms with Crippen LogP contribution in [0.25, 0.3) is 5.69 Å². The van der Waals surface area contributed by atoms with Gasteiger partial charge in [0, 0.05) is 26.3 Å². The predicted molar refractivity (Wildman–Crippen MR) is 89.4 cm³/mol. The summed E-state index contributed by atoms with van der Waals surface area (Å²) in [7, 11) is 1.67. The van der Waals surface area contributed by atoms with Crippen LogP contribution in [-0.4, -0.2) is 57.0 Å². The van der Waals surface area contributed by atoms with Crippen LogP contribution in [0.2, 0.25) is 0 Å². The number of tetrazole rings is 1. The summed E-state index contributed by atoms with van der Waals surface area (Å²) in [5.41, 5.74) is -0.00428. The van der Waals surface area contributed by atoms with E-state index < -0.39 is 11.7 Å². The minimum atomic E-state index is -0.574. The van der Waals surface area contributed by atoms with E-state index in [1.54, 1.807) is 31.3 Å². The molecule has 1 aromatic carbocycles. The van der Waals surface area contributed by atoms with Crippen molar-refractivity contribution in [1.82, 2.24) is 24.7 Å². The normalized spacial score (nSPS) is 14.6. The molecule has 0 saturated carbocycles. The van der Waals surface area contributed by atoms with Gasteiger partial charge in [-0.1, -0.05) is 32.0 Å². The minimum Gasteiger partial charge on any atom is -0.381 e. The molecule has 1 aromatic heterocycles. The fraction of sp³-hybridized carbons (Fsp3) is 0.500. The molecule has 0 unspecified atom stereocenters. The molecule has 1 aliphatic rings. The highest BCUT2D eigenvalue weighted by Crippen LogP contribution is 2.13. The van der Waals surface area contributed by atoms with Crippen LogP contribution in [0.15, 0.2) is 35.1 Å². The average Bonchev–Trinajstić information content (AvgIpc) is 3.05. The van der Waals surface area contributed by atoms with Gasteiger partial charge >= 0.3 is 11.7 Å². The van der Waals surface area contributed by atoms with E-state index in [1.165, 1.54) is 4.90 Å². The Morgan fingerprint density at radius 3 is 2.42 bits per heavy atom. The number of nitrogens with zero attached hydrogens (tertiary/aromatic N) is 5. The van der Waals surface area contributed by atoms with E-state index in [9.17, 15) is 9.59 Å². The van der Waals surface area contributed by atoms with E-state index in [1.807, 2.05) is 19.9 Å². The van der Waals surface area contributed by atoms with Crippen LogP contribution in [0.4, 0.5) is 4.79 Å². The maximum absolute atomic E-state index is 12.4. The molecule has 1 amide bonds. The van der Waals surface area contributed by atoms with Crippen molar-refractivity contribution in [2.75, 3.05) is 20.3 Å². The van der Waals surface area contributed by atoms with E-state index in [2.05, 4.69) is 10.4 Å². The number of para-hydroxylation sites is 1. The molecule has 24 heavy (non-hydrogen) atoms. The molecule has 3 rings (SSSR count). The number of hydrogen-bond acceptors (Lipinski definition) is 5. The molecular weight excluding hydrogens is 310 g/mol. The fourth-order valence-electron chi connectivity index (χ4n) is 2.48. The molecule has 8 heteroatoms. The van der Waals surface area contributed by atoms with E-state index in [0.29, 0.717) is 18.9 Å². The zero-order valence-corrected chi connectivity index (χ0v) is 14.3. The first-order valence-corrected chi connectivity index (χ1v) is 8.14. The van der Waals surface area contributed by atoms with E-state index in [-0.39, 0.29) is 6.04 Å². The number of rotatable bonds is 2. The summed E-state index contributed by atoms with van der Waals surface area (Å²) in [5, 5.41) is 7.48. The molecule has 130 valence electrons. The van der Waals surface area contributed by atoms with Crippen LogP contribution in [-0.2, 0) is 4.74 Å². The standard InChI is InChI=1S/C14H17N5O3.C2H6/c1-17(11-7-9-22-10-8-11)13(20)19-14(21)18(15-16-19)12-5-3-2-4-6-12;1-2/h2-6,11H,7-10H2,1H3;1-2H3. The molecule has 0 atom stereocenters. The van der Waals surface area contributed by atoms with Crippen LogP contribution in [0.1, 0.15) is 26.7 Å². The number of ether oxygens (including phenoxy) is 1. The number of amides is 1. The van der Waals surface area contributed by atoms with E-state index in [4.69, 9.17) is 4.74 Å². The third kappa shape index (κ3) is 3.70. The molecule has 2 heterocycles. The SMILES string of the molecule is CC.CN(C(=O)n1nnn(-c2ccccc2)c1=O)C1CCOCC1. The van der Waals surface area contributed by atoms with Gasteiger partial charge in [0.25, 0.3) is 0 Å². The van der Waals surface area contributed by atoms with Gasteiger partial charge in [0.05, 0.1) is 5.69 Å². The molecule has 2 aromatic rings. The van der Waals surface area contributed by atoms with Crippen molar-refractivity contribution in [2.24, 2.45) is 0 Å². The summed E-state index contributed by atoms with van der Waals surface area (Å²) >= 11 is 0. The summed E-state index contributed by atoms with van der Waals surface area (Å²) in [6, 6.07) is 8.45. The molecule has 8 nitrogen and oxygen atoms in total. The van der Waals surface area contributed by atoms with E-state index in [0.717, 1.165) is 22.2 Å². The lowest BCUT2D eigenvalue weighted by atomic mass is 10.1. The van der Waals surface area contributed by atoms with Gasteiger partial charge in [-0.3, -0.25) is 0 Å². The first-order chi connectivity index (χ1) is 11.7. The first-order valence-electron chi connectivity index (χ1n) is 8.14. The molecule has 0 N–H and O–H groups in total. The lowest BCUT2D eigenvalue weighted by Gasteiger charge is -2.30. The van der Waals surface area contributed by atoms with Crippen molar-refractivity contribution >= 4 is 6.03 Å². The Labute approximate surface area is 140 Å². The monoisotopic (exact) mass is 333 g/mol. The van der Waals surface area contributed by atoms with Gasteiger partial charge in [-0.15, -0.1) is 4.68 Å². The topological polar surface area (TPSA) is 82.3 Å². The van der Waals surface area contributed by atoms with Crippen molar-refractivity contribution < 1.29 is 9.53 Å². The molecule has 1 fully saturated rings. The average molecular weight is 333 g/mol. The molecule has 0 bridgehead atoms. The van der Waals surface area contributed by atoms with Gasteiger partial charge in [-0.2, -0.15) is 4.68 Å². The third-order valence-electron chi connectivity index (χ3n) is 3.80. The number of carbonyl (C=O) groups excluding carboxylic acids is 1. The summed E-state index contributed by atoms with van der Waals surface area (Å²) in [5.74, 6) is 0. The van der Waals surface area contributed by atoms with Gasteiger partial charge in [-0.05, 0) is 35.4 Å². The van der Waals surface area contributed by atoms with Crippen molar-refractivity contribution in [3.63, 3.8) is 0 Å². The van der Waals surface area contributed by atoms with Crippen LogP contribution in [0.3, 0.4) is 0 Å². The lowest BCUT2D eigenvalue weighted by Crippen LogP contribution is -2.46. The molecule has 1 aliphatic heterocycles. The number of aromatic nitrogens is 4. The van der Waals surface area contributed by atoms with Crippen LogP contribution in [0, 0.1) is 0 Å². The second-order valence-electron chi connectivity index (χ2n) is 5.16. The highest BCUT2D eigenvalue weighted by Gasteiger charge is 2.26. The van der Waals surface area contributed by atoms with Crippen LogP contribution in [0.5, 0.6) is 0 Å². The Balaban J connectivity index is 0.00000100. The second kappa shape index (κ2) is 8.39. The van der Waals surface area contributed by atoms with Crippen LogP contribution < -0.4 is 5.69 Å². The van der Waals surface area contributed by atoms with Gasteiger partial charge in [0.1, 0.15) is 0 Å². The minimum absolute atomic E-state index is 0.0509. The molecular formula is C16H23N5O3. The molecule has 0 aliphatic carbocycles. The van der Waals surface area contributed by atoms with Crippen molar-refractivity contribution in [2.45, 2.75) is 32.7 Å². The highest BCUT2D eigenvalue weighted by atomic mass is 16.5. The molecule has 0 spiro atoms. The number of carbonyl (C=O) groups is 1. The largest absolute Gasteiger partial charge is 0.381 e. The van der Waals surface area contributed by atoms with Gasteiger partial charge in [0.2, 0.25) is 0 Å². The predicted octanol–water partition coefficient (Wildman–Crippen LogP) is 1.53. The quantitative estimate of drug-likeness (QED) is 0.779. The summed E-state index contributed by atoms with van der Waals surface area (Å²) < 4.78 is 7.18. The number of benzene rings is 1. The Morgan fingerprint density at radius 2 is 1.79 bits per heavy atom. The van der Waals surface area contributed by atoms with Crippen molar-refractivity contribution in [3.05, 3.63) is 40.8 Å². The second-order valence-corrected chi connectivity index (χ2v) is 5.16. The summed E-state index contributed by atoms with van der Waals surface area (Å²) in [6.45, 7) is 5.24. The molecule has 0 radical (unpaired) electrons. The smallest absolute Gasteiger partial charge is 0.377 e.